The van der Waals surface area contributed by atoms with Crippen LogP contribution in [0.1, 0.15) is 27.7 Å². The average molecular weight is 203 g/mol. The van der Waals surface area contributed by atoms with E-state index in [0.717, 1.165) is 0 Å². The van der Waals surface area contributed by atoms with Crippen molar-refractivity contribution >= 4 is 6.09 Å². The van der Waals surface area contributed by atoms with Gasteiger partial charge in [-0.1, -0.05) is 0 Å². The smallest absolute Gasteiger partial charge is 0.410 e. The Balaban J connectivity index is 4.04. The minimum Gasteiger partial charge on any atom is -0.444 e. The van der Waals surface area contributed by atoms with Gasteiger partial charge in [-0.3, -0.25) is 0 Å². The minimum absolute atomic E-state index is 0.281. The van der Waals surface area contributed by atoms with E-state index in [2.05, 4.69) is 0 Å². The van der Waals surface area contributed by atoms with Gasteiger partial charge in [0.1, 0.15) is 5.60 Å². The molecule has 4 nitrogen and oxygen atoms in total. The van der Waals surface area contributed by atoms with E-state index in [0.29, 0.717) is 19.7 Å². The van der Waals surface area contributed by atoms with E-state index in [4.69, 9.17) is 9.47 Å². The van der Waals surface area contributed by atoms with Crippen molar-refractivity contribution in [2.45, 2.75) is 33.3 Å². The van der Waals surface area contributed by atoms with Gasteiger partial charge in [-0.2, -0.15) is 0 Å². The summed E-state index contributed by atoms with van der Waals surface area (Å²) in [5.74, 6) is 0. The van der Waals surface area contributed by atoms with Crippen LogP contribution in [-0.2, 0) is 9.47 Å². The molecule has 0 aliphatic heterocycles. The second-order valence-corrected chi connectivity index (χ2v) is 4.05. The number of likely N-dealkylation sites (N-methyl/N-ethyl adjacent to an activating group) is 1. The fraction of sp³-hybridized carbons (Fsp3) is 0.900. The first kappa shape index (κ1) is 13.2. The van der Waals surface area contributed by atoms with Gasteiger partial charge in [0.25, 0.3) is 0 Å². The summed E-state index contributed by atoms with van der Waals surface area (Å²) in [5, 5.41) is 0. The molecule has 0 aliphatic rings. The zero-order valence-corrected chi connectivity index (χ0v) is 9.79. The van der Waals surface area contributed by atoms with Gasteiger partial charge in [-0.15, -0.1) is 0 Å². The highest BCUT2D eigenvalue weighted by Gasteiger charge is 2.20. The second-order valence-electron chi connectivity index (χ2n) is 4.05. The van der Waals surface area contributed by atoms with Gasteiger partial charge in [-0.25, -0.2) is 4.79 Å². The predicted molar refractivity (Wildman–Crippen MR) is 55.4 cm³/mol. The molecule has 0 rings (SSSR count). The first-order chi connectivity index (χ1) is 6.40. The topological polar surface area (TPSA) is 38.8 Å². The lowest BCUT2D eigenvalue weighted by Crippen LogP contribution is -2.38. The third-order valence-corrected chi connectivity index (χ3v) is 1.60. The minimum atomic E-state index is -0.433. The number of hydrogen-bond acceptors (Lipinski definition) is 3. The van der Waals surface area contributed by atoms with Crippen LogP contribution in [0.4, 0.5) is 4.79 Å². The van der Waals surface area contributed by atoms with Crippen LogP contribution in [0, 0.1) is 0 Å². The Labute approximate surface area is 86.2 Å². The van der Waals surface area contributed by atoms with Gasteiger partial charge in [-0.05, 0) is 27.7 Å². The van der Waals surface area contributed by atoms with Crippen LogP contribution in [0.25, 0.3) is 0 Å². The average Bonchev–Trinajstić information content (AvgIpc) is 2.02. The molecule has 0 aromatic heterocycles. The maximum absolute atomic E-state index is 11.5. The Morgan fingerprint density at radius 3 is 2.29 bits per heavy atom. The summed E-state index contributed by atoms with van der Waals surface area (Å²) in [5.41, 5.74) is -0.433. The quantitative estimate of drug-likeness (QED) is 0.700. The van der Waals surface area contributed by atoms with Crippen molar-refractivity contribution in [2.24, 2.45) is 0 Å². The highest BCUT2D eigenvalue weighted by molar-refractivity contribution is 5.68. The van der Waals surface area contributed by atoms with E-state index < -0.39 is 5.60 Å². The van der Waals surface area contributed by atoms with E-state index in [9.17, 15) is 4.79 Å². The summed E-state index contributed by atoms with van der Waals surface area (Å²) in [6, 6.07) is 0. The molecule has 0 aromatic carbocycles. The first-order valence-corrected chi connectivity index (χ1v) is 4.87. The van der Waals surface area contributed by atoms with Crippen LogP contribution >= 0.6 is 0 Å². The summed E-state index contributed by atoms with van der Waals surface area (Å²) < 4.78 is 10.1. The molecule has 84 valence electrons. The number of carbonyl (C=O) groups excluding carboxylic acids is 1. The summed E-state index contributed by atoms with van der Waals surface area (Å²) in [6.45, 7) is 9.23. The fourth-order valence-corrected chi connectivity index (χ4v) is 0.906. The molecule has 0 radical (unpaired) electrons. The van der Waals surface area contributed by atoms with Gasteiger partial charge in [0.15, 0.2) is 0 Å². The maximum atomic E-state index is 11.5. The number of methoxy groups -OCH3 is 1. The monoisotopic (exact) mass is 203 g/mol. The molecule has 14 heavy (non-hydrogen) atoms. The molecule has 0 N–H and O–H groups in total. The summed E-state index contributed by atoms with van der Waals surface area (Å²) in [4.78, 5) is 13.2. The number of amides is 1. The molecular weight excluding hydrogens is 182 g/mol. The Morgan fingerprint density at radius 1 is 1.36 bits per heavy atom. The second kappa shape index (κ2) is 5.86. The Bertz CT molecular complexity index is 175. The SMILES string of the molecule is CCN(CCOC)C(=O)OC(C)(C)C. The van der Waals surface area contributed by atoms with E-state index in [-0.39, 0.29) is 6.09 Å². The molecule has 0 atom stereocenters. The van der Waals surface area contributed by atoms with Crippen molar-refractivity contribution in [3.8, 4) is 0 Å². The highest BCUT2D eigenvalue weighted by atomic mass is 16.6. The van der Waals surface area contributed by atoms with E-state index in [1.807, 2.05) is 27.7 Å². The Hall–Kier alpha value is -0.770. The first-order valence-electron chi connectivity index (χ1n) is 4.87. The van der Waals surface area contributed by atoms with Gasteiger partial charge in [0.05, 0.1) is 6.61 Å². The van der Waals surface area contributed by atoms with E-state index >= 15 is 0 Å². The third-order valence-electron chi connectivity index (χ3n) is 1.60. The number of ether oxygens (including phenoxy) is 2. The number of rotatable bonds is 4. The van der Waals surface area contributed by atoms with Gasteiger partial charge in [0, 0.05) is 20.2 Å². The number of hydrogen-bond donors (Lipinski definition) is 0. The van der Waals surface area contributed by atoms with Crippen molar-refractivity contribution in [3.05, 3.63) is 0 Å². The van der Waals surface area contributed by atoms with Crippen LogP contribution in [0.15, 0.2) is 0 Å². The van der Waals surface area contributed by atoms with Crippen LogP contribution in [0.2, 0.25) is 0 Å². The zero-order valence-electron chi connectivity index (χ0n) is 9.79. The van der Waals surface area contributed by atoms with Crippen LogP contribution in [-0.4, -0.2) is 43.4 Å². The third kappa shape index (κ3) is 5.80. The van der Waals surface area contributed by atoms with Crippen LogP contribution < -0.4 is 0 Å². The molecule has 0 aromatic rings. The molecule has 1 amide bonds. The van der Waals surface area contributed by atoms with Gasteiger partial charge in [0.2, 0.25) is 0 Å². The normalized spacial score (nSPS) is 11.2. The van der Waals surface area contributed by atoms with Crippen molar-refractivity contribution < 1.29 is 14.3 Å². The summed E-state index contributed by atoms with van der Waals surface area (Å²) in [7, 11) is 1.61. The van der Waals surface area contributed by atoms with E-state index in [1.165, 1.54) is 0 Å². The summed E-state index contributed by atoms with van der Waals surface area (Å²) in [6.07, 6.45) is -0.281. The molecule has 4 heteroatoms. The molecule has 0 fully saturated rings. The number of carbonyl (C=O) groups is 1. The molecule has 0 aliphatic carbocycles. The van der Waals surface area contributed by atoms with Crippen molar-refractivity contribution in [1.29, 1.82) is 0 Å². The fourth-order valence-electron chi connectivity index (χ4n) is 0.906. The van der Waals surface area contributed by atoms with Crippen molar-refractivity contribution in [1.82, 2.24) is 4.90 Å². The highest BCUT2D eigenvalue weighted by Crippen LogP contribution is 2.09. The Kier molecular flexibility index (Phi) is 5.53. The van der Waals surface area contributed by atoms with Gasteiger partial charge < -0.3 is 14.4 Å². The van der Waals surface area contributed by atoms with E-state index in [1.54, 1.807) is 12.0 Å². The molecule has 0 saturated carbocycles. The molecule has 0 heterocycles. The largest absolute Gasteiger partial charge is 0.444 e. The van der Waals surface area contributed by atoms with Crippen LogP contribution in [0.3, 0.4) is 0 Å². The summed E-state index contributed by atoms with van der Waals surface area (Å²) >= 11 is 0. The molecule has 0 spiro atoms. The molecule has 0 unspecified atom stereocenters. The lowest BCUT2D eigenvalue weighted by molar-refractivity contribution is 0.0213. The molecular formula is C10H21NO3. The standard InChI is InChI=1S/C10H21NO3/c1-6-11(7-8-13-5)9(12)14-10(2,3)4/h6-8H2,1-5H3. The van der Waals surface area contributed by atoms with Crippen LogP contribution in [0.5, 0.6) is 0 Å². The number of nitrogens with zero attached hydrogens (tertiary/aromatic N) is 1. The molecule has 0 saturated heterocycles. The van der Waals surface area contributed by atoms with Gasteiger partial charge >= 0.3 is 6.09 Å². The van der Waals surface area contributed by atoms with Crippen molar-refractivity contribution in [3.63, 3.8) is 0 Å². The lowest BCUT2D eigenvalue weighted by atomic mass is 10.2. The lowest BCUT2D eigenvalue weighted by Gasteiger charge is -2.26. The maximum Gasteiger partial charge on any atom is 0.410 e. The molecule has 0 bridgehead atoms. The Morgan fingerprint density at radius 2 is 1.93 bits per heavy atom. The predicted octanol–water partition coefficient (Wildman–Crippen LogP) is 1.89. The van der Waals surface area contributed by atoms with Crippen molar-refractivity contribution in [2.75, 3.05) is 26.8 Å². The zero-order chi connectivity index (χ0) is 11.2.